The largest absolute Gasteiger partial charge is 0.0651 e. The highest BCUT2D eigenvalue weighted by Crippen LogP contribution is 2.59. The van der Waals surface area contributed by atoms with Crippen LogP contribution in [0.3, 0.4) is 0 Å². The molecular weight excluding hydrogens is 252 g/mol. The van der Waals surface area contributed by atoms with Crippen molar-refractivity contribution in [1.29, 1.82) is 0 Å². The van der Waals surface area contributed by atoms with Crippen molar-refractivity contribution in [3.63, 3.8) is 0 Å². The van der Waals surface area contributed by atoms with Crippen LogP contribution < -0.4 is 0 Å². The highest BCUT2D eigenvalue weighted by Gasteiger charge is 2.50. The molecule has 124 valence electrons. The Morgan fingerprint density at radius 3 is 2.00 bits per heavy atom. The molecule has 0 N–H and O–H groups in total. The maximum atomic E-state index is 2.62. The topological polar surface area (TPSA) is 0 Å². The molecule has 6 unspecified atom stereocenters. The number of rotatable bonds is 6. The van der Waals surface area contributed by atoms with Crippen molar-refractivity contribution in [3.8, 4) is 0 Å². The average Bonchev–Trinajstić information content (AvgIpc) is 2.76. The van der Waals surface area contributed by atoms with Gasteiger partial charge in [0.2, 0.25) is 0 Å². The lowest BCUT2D eigenvalue weighted by Gasteiger charge is -2.51. The Morgan fingerprint density at radius 2 is 1.57 bits per heavy atom. The third-order valence-corrected chi connectivity index (χ3v) is 8.07. The molecule has 0 aromatic rings. The standard InChI is InChI=1S/C21H40/c1-8-17-12-13-20(17,6)14-16(5)19-11-10-18(15(3)4)21(19,7)9-2/h15-19H,8-14H2,1-7H3. The van der Waals surface area contributed by atoms with Crippen LogP contribution in [-0.2, 0) is 0 Å². The van der Waals surface area contributed by atoms with E-state index in [4.69, 9.17) is 0 Å². The van der Waals surface area contributed by atoms with E-state index in [2.05, 4.69) is 48.5 Å². The summed E-state index contributed by atoms with van der Waals surface area (Å²) in [5.74, 6) is 4.69. The van der Waals surface area contributed by atoms with Crippen molar-refractivity contribution in [2.24, 2.45) is 40.4 Å². The van der Waals surface area contributed by atoms with Gasteiger partial charge in [0.25, 0.3) is 0 Å². The quantitative estimate of drug-likeness (QED) is 0.497. The molecule has 0 nitrogen and oxygen atoms in total. The van der Waals surface area contributed by atoms with Gasteiger partial charge in [-0.15, -0.1) is 0 Å². The fourth-order valence-corrected chi connectivity index (χ4v) is 6.53. The SMILES string of the molecule is CCC1CCC1(C)CC(C)C1CCC(C(C)C)C1(C)CC. The van der Waals surface area contributed by atoms with Gasteiger partial charge in [-0.25, -0.2) is 0 Å². The second kappa shape index (κ2) is 6.25. The molecule has 0 aliphatic heterocycles. The van der Waals surface area contributed by atoms with Gasteiger partial charge in [0.15, 0.2) is 0 Å². The van der Waals surface area contributed by atoms with Crippen LogP contribution in [0.15, 0.2) is 0 Å². The minimum absolute atomic E-state index is 0.593. The Labute approximate surface area is 134 Å². The lowest BCUT2D eigenvalue weighted by molar-refractivity contribution is -0.00702. The highest BCUT2D eigenvalue weighted by atomic mass is 14.6. The van der Waals surface area contributed by atoms with E-state index in [0.29, 0.717) is 10.8 Å². The van der Waals surface area contributed by atoms with Gasteiger partial charge in [-0.2, -0.15) is 0 Å². The molecule has 0 bridgehead atoms. The van der Waals surface area contributed by atoms with E-state index >= 15 is 0 Å². The molecule has 2 aliphatic rings. The molecule has 0 amide bonds. The first-order valence-electron chi connectivity index (χ1n) is 9.78. The summed E-state index contributed by atoms with van der Waals surface area (Å²) >= 11 is 0. The van der Waals surface area contributed by atoms with Crippen LogP contribution in [0.1, 0.15) is 93.4 Å². The monoisotopic (exact) mass is 292 g/mol. The predicted molar refractivity (Wildman–Crippen MR) is 94.4 cm³/mol. The first-order valence-corrected chi connectivity index (χ1v) is 9.78. The van der Waals surface area contributed by atoms with E-state index in [9.17, 15) is 0 Å². The second-order valence-electron chi connectivity index (χ2n) is 9.37. The molecule has 0 heterocycles. The van der Waals surface area contributed by atoms with Crippen LogP contribution in [0.2, 0.25) is 0 Å². The first kappa shape index (κ1) is 17.4. The van der Waals surface area contributed by atoms with E-state index in [1.807, 2.05) is 0 Å². The van der Waals surface area contributed by atoms with Crippen LogP contribution >= 0.6 is 0 Å². The summed E-state index contributed by atoms with van der Waals surface area (Å²) in [6, 6.07) is 0. The van der Waals surface area contributed by atoms with Crippen molar-refractivity contribution in [2.75, 3.05) is 0 Å². The van der Waals surface area contributed by atoms with Crippen LogP contribution in [-0.4, -0.2) is 0 Å². The van der Waals surface area contributed by atoms with Crippen molar-refractivity contribution in [1.82, 2.24) is 0 Å². The van der Waals surface area contributed by atoms with Crippen LogP contribution in [0.4, 0.5) is 0 Å². The Kier molecular flexibility index (Phi) is 5.16. The molecule has 21 heavy (non-hydrogen) atoms. The molecule has 2 saturated carbocycles. The molecular formula is C21H40. The molecule has 2 rings (SSSR count). The van der Waals surface area contributed by atoms with Gasteiger partial charge in [-0.05, 0) is 72.5 Å². The summed E-state index contributed by atoms with van der Waals surface area (Å²) in [7, 11) is 0. The number of hydrogen-bond acceptors (Lipinski definition) is 0. The predicted octanol–water partition coefficient (Wildman–Crippen LogP) is 6.94. The van der Waals surface area contributed by atoms with Gasteiger partial charge < -0.3 is 0 Å². The van der Waals surface area contributed by atoms with Gasteiger partial charge in [-0.3, -0.25) is 0 Å². The van der Waals surface area contributed by atoms with E-state index < -0.39 is 0 Å². The summed E-state index contributed by atoms with van der Waals surface area (Å²) < 4.78 is 0. The van der Waals surface area contributed by atoms with Gasteiger partial charge in [0.1, 0.15) is 0 Å². The van der Waals surface area contributed by atoms with E-state index in [-0.39, 0.29) is 0 Å². The van der Waals surface area contributed by atoms with Crippen molar-refractivity contribution < 1.29 is 0 Å². The Bertz CT molecular complexity index is 342. The Balaban J connectivity index is 2.07. The van der Waals surface area contributed by atoms with E-state index in [1.165, 1.54) is 44.9 Å². The van der Waals surface area contributed by atoms with Crippen molar-refractivity contribution in [2.45, 2.75) is 93.4 Å². The zero-order chi connectivity index (χ0) is 15.8. The summed E-state index contributed by atoms with van der Waals surface area (Å²) in [6.45, 7) is 17.5. The minimum Gasteiger partial charge on any atom is -0.0651 e. The van der Waals surface area contributed by atoms with E-state index in [0.717, 1.165) is 29.6 Å². The molecule has 6 atom stereocenters. The smallest absolute Gasteiger partial charge is 0.0267 e. The van der Waals surface area contributed by atoms with Crippen LogP contribution in [0.5, 0.6) is 0 Å². The maximum absolute atomic E-state index is 2.62. The van der Waals surface area contributed by atoms with Crippen LogP contribution in [0, 0.1) is 40.4 Å². The fourth-order valence-electron chi connectivity index (χ4n) is 6.53. The third-order valence-electron chi connectivity index (χ3n) is 8.07. The molecule has 0 saturated heterocycles. The average molecular weight is 293 g/mol. The van der Waals surface area contributed by atoms with Crippen molar-refractivity contribution in [3.05, 3.63) is 0 Å². The second-order valence-corrected chi connectivity index (χ2v) is 9.37. The summed E-state index contributed by atoms with van der Waals surface area (Å²) in [6.07, 6.45) is 10.2. The molecule has 2 aliphatic carbocycles. The first-order chi connectivity index (χ1) is 9.78. The minimum atomic E-state index is 0.593. The highest BCUT2D eigenvalue weighted by molar-refractivity contribution is 5.00. The molecule has 0 aromatic carbocycles. The van der Waals surface area contributed by atoms with Crippen LogP contribution in [0.25, 0.3) is 0 Å². The van der Waals surface area contributed by atoms with Gasteiger partial charge in [-0.1, -0.05) is 61.3 Å². The summed E-state index contributed by atoms with van der Waals surface area (Å²) in [4.78, 5) is 0. The lowest BCUT2D eigenvalue weighted by Crippen LogP contribution is -2.41. The van der Waals surface area contributed by atoms with Gasteiger partial charge in [0, 0.05) is 0 Å². The van der Waals surface area contributed by atoms with E-state index in [1.54, 1.807) is 0 Å². The normalized spacial score (nSPS) is 44.9. The van der Waals surface area contributed by atoms with Gasteiger partial charge >= 0.3 is 0 Å². The maximum Gasteiger partial charge on any atom is -0.0267 e. The molecule has 0 aromatic heterocycles. The molecule has 0 spiro atoms. The Morgan fingerprint density at radius 1 is 0.952 bits per heavy atom. The fraction of sp³-hybridized carbons (Fsp3) is 1.00. The molecule has 0 radical (unpaired) electrons. The summed E-state index contributed by atoms with van der Waals surface area (Å²) in [5, 5.41) is 0. The number of hydrogen-bond donors (Lipinski definition) is 0. The lowest BCUT2D eigenvalue weighted by atomic mass is 9.54. The summed E-state index contributed by atoms with van der Waals surface area (Å²) in [5.41, 5.74) is 1.26. The zero-order valence-corrected chi connectivity index (χ0v) is 15.8. The third kappa shape index (κ3) is 2.93. The van der Waals surface area contributed by atoms with Crippen molar-refractivity contribution >= 4 is 0 Å². The molecule has 0 heteroatoms. The zero-order valence-electron chi connectivity index (χ0n) is 15.8. The Hall–Kier alpha value is 0. The van der Waals surface area contributed by atoms with Gasteiger partial charge in [0.05, 0.1) is 0 Å². The molecule has 2 fully saturated rings.